The molecule has 0 radical (unpaired) electrons. The zero-order valence-corrected chi connectivity index (χ0v) is 12.4. The smallest absolute Gasteiger partial charge is 0.226 e. The lowest BCUT2D eigenvalue weighted by Gasteiger charge is -2.31. The van der Waals surface area contributed by atoms with E-state index in [1.54, 1.807) is 12.3 Å². The first-order chi connectivity index (χ1) is 8.97. The van der Waals surface area contributed by atoms with Crippen molar-refractivity contribution in [1.29, 1.82) is 0 Å². The van der Waals surface area contributed by atoms with Crippen molar-refractivity contribution in [3.05, 3.63) is 12.3 Å². The fourth-order valence-corrected chi connectivity index (χ4v) is 1.74. The molecule has 0 aliphatic rings. The summed E-state index contributed by atoms with van der Waals surface area (Å²) < 4.78 is 5.51. The second-order valence-electron chi connectivity index (χ2n) is 5.71. The van der Waals surface area contributed by atoms with Crippen LogP contribution in [0.1, 0.15) is 40.5 Å². The molecule has 0 bridgehead atoms. The zero-order chi connectivity index (χ0) is 14.3. The van der Waals surface area contributed by atoms with Crippen molar-refractivity contribution in [3.8, 4) is 5.88 Å². The number of nitrogens with zero attached hydrogens (tertiary/aromatic N) is 2. The monoisotopic (exact) mass is 266 g/mol. The first kappa shape index (κ1) is 15.7. The number of hydrogen-bond acceptors (Lipinski definition) is 5. The highest BCUT2D eigenvalue weighted by Gasteiger charge is 2.24. The van der Waals surface area contributed by atoms with Gasteiger partial charge in [0, 0.05) is 18.3 Å². The summed E-state index contributed by atoms with van der Waals surface area (Å²) in [6.07, 6.45) is 3.56. The molecule has 1 heterocycles. The van der Waals surface area contributed by atoms with Gasteiger partial charge in [0.2, 0.25) is 11.8 Å². The Kier molecular flexibility index (Phi) is 6.02. The SMILES string of the molecule is CCCOc1ccnc(NC(CCN)C(C)(C)C)n1. The summed E-state index contributed by atoms with van der Waals surface area (Å²) in [6, 6.07) is 2.01. The number of nitrogens with two attached hydrogens (primary N) is 1. The molecular weight excluding hydrogens is 240 g/mol. The van der Waals surface area contributed by atoms with Crippen molar-refractivity contribution in [2.45, 2.75) is 46.6 Å². The molecule has 1 aromatic rings. The van der Waals surface area contributed by atoms with Gasteiger partial charge in [-0.15, -0.1) is 0 Å². The molecule has 1 aromatic heterocycles. The van der Waals surface area contributed by atoms with Crippen LogP contribution in [0.2, 0.25) is 0 Å². The summed E-state index contributed by atoms with van der Waals surface area (Å²) in [7, 11) is 0. The molecular formula is C14H26N4O. The second kappa shape index (κ2) is 7.28. The summed E-state index contributed by atoms with van der Waals surface area (Å²) >= 11 is 0. The lowest BCUT2D eigenvalue weighted by molar-refractivity contribution is 0.303. The summed E-state index contributed by atoms with van der Waals surface area (Å²) in [5.74, 6) is 1.21. The lowest BCUT2D eigenvalue weighted by Crippen LogP contribution is -2.36. The Morgan fingerprint density at radius 1 is 1.42 bits per heavy atom. The molecule has 0 amide bonds. The molecule has 108 valence electrons. The predicted molar refractivity (Wildman–Crippen MR) is 78.4 cm³/mol. The van der Waals surface area contributed by atoms with Crippen LogP contribution in [0.25, 0.3) is 0 Å². The van der Waals surface area contributed by atoms with E-state index in [4.69, 9.17) is 10.5 Å². The van der Waals surface area contributed by atoms with Crippen molar-refractivity contribution >= 4 is 5.95 Å². The molecule has 5 heteroatoms. The fraction of sp³-hybridized carbons (Fsp3) is 0.714. The van der Waals surface area contributed by atoms with E-state index in [9.17, 15) is 0 Å². The summed E-state index contributed by atoms with van der Waals surface area (Å²) in [4.78, 5) is 8.60. The fourth-order valence-electron chi connectivity index (χ4n) is 1.74. The second-order valence-corrected chi connectivity index (χ2v) is 5.71. The third-order valence-electron chi connectivity index (χ3n) is 2.89. The highest BCUT2D eigenvalue weighted by molar-refractivity contribution is 5.29. The maximum atomic E-state index is 5.67. The van der Waals surface area contributed by atoms with Crippen molar-refractivity contribution in [3.63, 3.8) is 0 Å². The summed E-state index contributed by atoms with van der Waals surface area (Å²) in [5.41, 5.74) is 5.77. The van der Waals surface area contributed by atoms with Gasteiger partial charge in [0.05, 0.1) is 6.61 Å². The van der Waals surface area contributed by atoms with E-state index in [2.05, 4.69) is 43.0 Å². The molecule has 0 saturated heterocycles. The normalized spacial score (nSPS) is 13.1. The van der Waals surface area contributed by atoms with Crippen LogP contribution in [-0.4, -0.2) is 29.2 Å². The van der Waals surface area contributed by atoms with E-state index in [1.807, 2.05) is 0 Å². The average molecular weight is 266 g/mol. The average Bonchev–Trinajstić information content (AvgIpc) is 2.35. The third-order valence-corrected chi connectivity index (χ3v) is 2.89. The summed E-state index contributed by atoms with van der Waals surface area (Å²) in [6.45, 7) is 9.91. The minimum Gasteiger partial charge on any atom is -0.478 e. The number of rotatable bonds is 7. The Morgan fingerprint density at radius 2 is 2.16 bits per heavy atom. The Labute approximate surface area is 116 Å². The standard InChI is InChI=1S/C14H26N4O/c1-5-10-19-12-7-9-16-13(18-12)17-11(6-8-15)14(2,3)4/h7,9,11H,5-6,8,10,15H2,1-4H3,(H,16,17,18). The van der Waals surface area contributed by atoms with Crippen LogP contribution in [0.3, 0.4) is 0 Å². The molecule has 1 atom stereocenters. The van der Waals surface area contributed by atoms with Gasteiger partial charge in [-0.1, -0.05) is 27.7 Å². The van der Waals surface area contributed by atoms with E-state index in [-0.39, 0.29) is 11.5 Å². The van der Waals surface area contributed by atoms with Crippen molar-refractivity contribution in [1.82, 2.24) is 9.97 Å². The lowest BCUT2D eigenvalue weighted by atomic mass is 9.85. The molecule has 0 spiro atoms. The predicted octanol–water partition coefficient (Wildman–Crippen LogP) is 2.44. The van der Waals surface area contributed by atoms with Crippen LogP contribution in [0.4, 0.5) is 5.95 Å². The molecule has 1 unspecified atom stereocenters. The molecule has 0 aromatic carbocycles. The molecule has 19 heavy (non-hydrogen) atoms. The Bertz CT molecular complexity index is 376. The van der Waals surface area contributed by atoms with E-state index in [1.165, 1.54) is 0 Å². The quantitative estimate of drug-likeness (QED) is 0.793. The van der Waals surface area contributed by atoms with Gasteiger partial charge in [-0.25, -0.2) is 4.98 Å². The topological polar surface area (TPSA) is 73.1 Å². The van der Waals surface area contributed by atoms with Crippen LogP contribution in [0, 0.1) is 5.41 Å². The van der Waals surface area contributed by atoms with Crippen LogP contribution >= 0.6 is 0 Å². The highest BCUT2D eigenvalue weighted by atomic mass is 16.5. The molecule has 1 rings (SSSR count). The molecule has 0 aliphatic heterocycles. The minimum atomic E-state index is 0.100. The molecule has 5 nitrogen and oxygen atoms in total. The molecule has 0 saturated carbocycles. The number of hydrogen-bond donors (Lipinski definition) is 2. The van der Waals surface area contributed by atoms with E-state index in [0.717, 1.165) is 12.8 Å². The summed E-state index contributed by atoms with van der Waals surface area (Å²) in [5, 5.41) is 3.35. The highest BCUT2D eigenvalue weighted by Crippen LogP contribution is 2.24. The van der Waals surface area contributed by atoms with E-state index in [0.29, 0.717) is 25.0 Å². The first-order valence-corrected chi connectivity index (χ1v) is 6.89. The largest absolute Gasteiger partial charge is 0.478 e. The Hall–Kier alpha value is -1.36. The van der Waals surface area contributed by atoms with Gasteiger partial charge in [-0.2, -0.15) is 4.98 Å². The van der Waals surface area contributed by atoms with Crippen molar-refractivity contribution in [2.24, 2.45) is 11.1 Å². The number of nitrogens with one attached hydrogen (secondary N) is 1. The van der Waals surface area contributed by atoms with Gasteiger partial charge in [0.15, 0.2) is 0 Å². The number of aromatic nitrogens is 2. The van der Waals surface area contributed by atoms with Gasteiger partial charge >= 0.3 is 0 Å². The van der Waals surface area contributed by atoms with E-state index >= 15 is 0 Å². The number of ether oxygens (including phenoxy) is 1. The third kappa shape index (κ3) is 5.42. The number of anilines is 1. The van der Waals surface area contributed by atoms with Crippen LogP contribution in [-0.2, 0) is 0 Å². The zero-order valence-electron chi connectivity index (χ0n) is 12.4. The van der Waals surface area contributed by atoms with E-state index < -0.39 is 0 Å². The van der Waals surface area contributed by atoms with Gasteiger partial charge in [0.25, 0.3) is 0 Å². The maximum Gasteiger partial charge on any atom is 0.226 e. The Balaban J connectivity index is 2.73. The Morgan fingerprint density at radius 3 is 2.74 bits per heavy atom. The van der Waals surface area contributed by atoms with Gasteiger partial charge in [-0.3, -0.25) is 0 Å². The van der Waals surface area contributed by atoms with Crippen molar-refractivity contribution < 1.29 is 4.74 Å². The van der Waals surface area contributed by atoms with Gasteiger partial charge in [0.1, 0.15) is 0 Å². The molecule has 0 aliphatic carbocycles. The van der Waals surface area contributed by atoms with Gasteiger partial charge in [-0.05, 0) is 24.8 Å². The first-order valence-electron chi connectivity index (χ1n) is 6.89. The molecule has 0 fully saturated rings. The van der Waals surface area contributed by atoms with Crippen LogP contribution in [0.15, 0.2) is 12.3 Å². The van der Waals surface area contributed by atoms with Crippen molar-refractivity contribution in [2.75, 3.05) is 18.5 Å². The van der Waals surface area contributed by atoms with Gasteiger partial charge < -0.3 is 15.8 Å². The maximum absolute atomic E-state index is 5.67. The van der Waals surface area contributed by atoms with Crippen LogP contribution in [0.5, 0.6) is 5.88 Å². The van der Waals surface area contributed by atoms with Crippen LogP contribution < -0.4 is 15.8 Å². The minimum absolute atomic E-state index is 0.100. The molecule has 3 N–H and O–H groups in total.